The molecule has 1 atom stereocenters. The zero-order chi connectivity index (χ0) is 13.7. The highest BCUT2D eigenvalue weighted by molar-refractivity contribution is 9.08. The fraction of sp³-hybridized carbons (Fsp3) is 0.562. The van der Waals surface area contributed by atoms with Crippen LogP contribution in [0, 0.1) is 5.92 Å². The van der Waals surface area contributed by atoms with Crippen molar-refractivity contribution in [1.29, 1.82) is 0 Å². The summed E-state index contributed by atoms with van der Waals surface area (Å²) in [7, 11) is 0. The summed E-state index contributed by atoms with van der Waals surface area (Å²) < 4.78 is 0. The number of hydrogen-bond donors (Lipinski definition) is 1. The number of nitrogens with one attached hydrogen (secondary N) is 1. The maximum atomic E-state index is 12.2. The molecule has 19 heavy (non-hydrogen) atoms. The van der Waals surface area contributed by atoms with Crippen LogP contribution in [0.25, 0.3) is 0 Å². The Bertz CT molecular complexity index is 409. The molecule has 104 valence electrons. The van der Waals surface area contributed by atoms with E-state index in [0.717, 1.165) is 10.9 Å². The Balaban J connectivity index is 1.91. The Labute approximate surface area is 124 Å². The van der Waals surface area contributed by atoms with Crippen LogP contribution in [0.3, 0.4) is 0 Å². The summed E-state index contributed by atoms with van der Waals surface area (Å²) in [5.41, 5.74) is 1.95. The third kappa shape index (κ3) is 4.07. The van der Waals surface area contributed by atoms with Crippen LogP contribution in [0.1, 0.15) is 54.9 Å². The lowest BCUT2D eigenvalue weighted by Gasteiger charge is -2.28. The van der Waals surface area contributed by atoms with Gasteiger partial charge in [0.1, 0.15) is 0 Å². The molecule has 1 aromatic rings. The van der Waals surface area contributed by atoms with Crippen LogP contribution in [0.4, 0.5) is 0 Å². The van der Waals surface area contributed by atoms with Crippen molar-refractivity contribution in [3.05, 3.63) is 35.4 Å². The minimum atomic E-state index is 0.0548. The highest BCUT2D eigenvalue weighted by atomic mass is 79.9. The van der Waals surface area contributed by atoms with E-state index in [1.165, 1.54) is 37.7 Å². The molecule has 3 heteroatoms. The molecule has 1 saturated carbocycles. The number of alkyl halides is 1. The van der Waals surface area contributed by atoms with E-state index >= 15 is 0 Å². The lowest BCUT2D eigenvalue weighted by atomic mass is 9.84. The number of hydrogen-bond acceptors (Lipinski definition) is 1. The monoisotopic (exact) mass is 323 g/mol. The summed E-state index contributed by atoms with van der Waals surface area (Å²) in [6.07, 6.45) is 6.48. The van der Waals surface area contributed by atoms with Gasteiger partial charge in [0.05, 0.1) is 0 Å². The molecule has 1 amide bonds. The first-order valence-electron chi connectivity index (χ1n) is 7.16. The molecule has 1 fully saturated rings. The molecular weight excluding hydrogens is 302 g/mol. The molecule has 0 aromatic heterocycles. The van der Waals surface area contributed by atoms with Gasteiger partial charge in [-0.3, -0.25) is 4.79 Å². The van der Waals surface area contributed by atoms with Crippen molar-refractivity contribution >= 4 is 21.8 Å². The van der Waals surface area contributed by atoms with E-state index in [2.05, 4.69) is 28.2 Å². The third-order valence-electron chi connectivity index (χ3n) is 4.09. The molecule has 1 unspecified atom stereocenters. The first kappa shape index (κ1) is 14.6. The van der Waals surface area contributed by atoms with Gasteiger partial charge in [-0.2, -0.15) is 0 Å². The van der Waals surface area contributed by atoms with Crippen LogP contribution in [-0.2, 0) is 5.33 Å². The van der Waals surface area contributed by atoms with E-state index < -0.39 is 0 Å². The summed E-state index contributed by atoms with van der Waals surface area (Å²) in [6, 6.07) is 8.08. The molecule has 0 radical (unpaired) electrons. The maximum absolute atomic E-state index is 12.2. The molecule has 0 aliphatic heterocycles. The molecule has 2 rings (SSSR count). The minimum Gasteiger partial charge on any atom is -0.349 e. The van der Waals surface area contributed by atoms with Gasteiger partial charge in [-0.1, -0.05) is 47.3 Å². The van der Waals surface area contributed by atoms with Crippen LogP contribution >= 0.6 is 15.9 Å². The molecular formula is C16H22BrNO. The fourth-order valence-electron chi connectivity index (χ4n) is 2.79. The number of carbonyl (C=O) groups is 1. The molecule has 0 bridgehead atoms. The van der Waals surface area contributed by atoms with Gasteiger partial charge in [-0.15, -0.1) is 0 Å². The van der Waals surface area contributed by atoms with Crippen LogP contribution in [0.2, 0.25) is 0 Å². The van der Waals surface area contributed by atoms with Crippen molar-refractivity contribution in [2.75, 3.05) is 0 Å². The van der Waals surface area contributed by atoms with Crippen LogP contribution in [0.15, 0.2) is 24.3 Å². The van der Waals surface area contributed by atoms with E-state index in [1.54, 1.807) is 0 Å². The molecule has 0 saturated heterocycles. The van der Waals surface area contributed by atoms with E-state index in [9.17, 15) is 4.79 Å². The summed E-state index contributed by atoms with van der Waals surface area (Å²) in [6.45, 7) is 2.14. The van der Waals surface area contributed by atoms with Gasteiger partial charge in [0.15, 0.2) is 0 Å². The van der Waals surface area contributed by atoms with E-state index in [-0.39, 0.29) is 11.9 Å². The second-order valence-corrected chi connectivity index (χ2v) is 6.05. The fourth-order valence-corrected chi connectivity index (χ4v) is 3.16. The first-order valence-corrected chi connectivity index (χ1v) is 8.28. The van der Waals surface area contributed by atoms with Gasteiger partial charge >= 0.3 is 0 Å². The summed E-state index contributed by atoms with van der Waals surface area (Å²) in [5.74, 6) is 0.707. The van der Waals surface area contributed by atoms with Crippen LogP contribution < -0.4 is 5.32 Å². The van der Waals surface area contributed by atoms with Gasteiger partial charge in [0.2, 0.25) is 0 Å². The number of rotatable bonds is 4. The predicted octanol–water partition coefficient (Wildman–Crippen LogP) is 4.28. The molecule has 1 aromatic carbocycles. The molecule has 1 aliphatic rings. The van der Waals surface area contributed by atoms with Gasteiger partial charge in [-0.05, 0) is 43.4 Å². The Hall–Kier alpha value is -0.830. The highest BCUT2D eigenvalue weighted by Crippen LogP contribution is 2.26. The summed E-state index contributed by atoms with van der Waals surface area (Å²) in [5, 5.41) is 3.98. The van der Waals surface area contributed by atoms with Crippen LogP contribution in [0.5, 0.6) is 0 Å². The molecule has 1 N–H and O–H groups in total. The van der Waals surface area contributed by atoms with Crippen molar-refractivity contribution in [3.8, 4) is 0 Å². The van der Waals surface area contributed by atoms with Gasteiger partial charge < -0.3 is 5.32 Å². The summed E-state index contributed by atoms with van der Waals surface area (Å²) >= 11 is 3.41. The van der Waals surface area contributed by atoms with Gasteiger partial charge in [0, 0.05) is 16.9 Å². The quantitative estimate of drug-likeness (QED) is 0.823. The Morgan fingerprint density at radius 1 is 1.26 bits per heavy atom. The highest BCUT2D eigenvalue weighted by Gasteiger charge is 2.21. The zero-order valence-electron chi connectivity index (χ0n) is 11.5. The van der Waals surface area contributed by atoms with Crippen molar-refractivity contribution in [2.24, 2.45) is 5.92 Å². The second kappa shape index (κ2) is 7.09. The molecule has 0 spiro atoms. The molecule has 1 aliphatic carbocycles. The van der Waals surface area contributed by atoms with Crippen molar-refractivity contribution in [2.45, 2.75) is 50.4 Å². The number of carbonyl (C=O) groups excluding carboxylic acids is 1. The van der Waals surface area contributed by atoms with Gasteiger partial charge in [-0.25, -0.2) is 0 Å². The largest absolute Gasteiger partial charge is 0.349 e. The first-order chi connectivity index (χ1) is 9.20. The summed E-state index contributed by atoms with van der Waals surface area (Å²) in [4.78, 5) is 12.2. The third-order valence-corrected chi connectivity index (χ3v) is 4.73. The van der Waals surface area contributed by atoms with Crippen molar-refractivity contribution in [3.63, 3.8) is 0 Å². The average molecular weight is 324 g/mol. The topological polar surface area (TPSA) is 29.1 Å². The van der Waals surface area contributed by atoms with Crippen LogP contribution in [-0.4, -0.2) is 11.9 Å². The number of halogens is 1. The lowest BCUT2D eigenvalue weighted by molar-refractivity contribution is 0.0919. The standard InChI is InChI=1S/C16H22BrNO/c1-12(14-5-3-2-4-6-14)18-16(19)15-9-7-13(11-17)8-10-15/h7-10,12,14H,2-6,11H2,1H3,(H,18,19). The minimum absolute atomic E-state index is 0.0548. The van der Waals surface area contributed by atoms with E-state index in [0.29, 0.717) is 5.92 Å². The Morgan fingerprint density at radius 3 is 2.47 bits per heavy atom. The zero-order valence-corrected chi connectivity index (χ0v) is 13.1. The van der Waals surface area contributed by atoms with E-state index in [1.807, 2.05) is 24.3 Å². The van der Waals surface area contributed by atoms with Crippen molar-refractivity contribution in [1.82, 2.24) is 5.32 Å². The smallest absolute Gasteiger partial charge is 0.251 e. The Morgan fingerprint density at radius 2 is 1.89 bits per heavy atom. The lowest BCUT2D eigenvalue weighted by Crippen LogP contribution is -2.38. The SMILES string of the molecule is CC(NC(=O)c1ccc(CBr)cc1)C1CCCCC1. The normalized spacial score (nSPS) is 18.0. The predicted molar refractivity (Wildman–Crippen MR) is 82.6 cm³/mol. The van der Waals surface area contributed by atoms with E-state index in [4.69, 9.17) is 0 Å². The molecule has 0 heterocycles. The second-order valence-electron chi connectivity index (χ2n) is 5.49. The maximum Gasteiger partial charge on any atom is 0.251 e. The number of benzene rings is 1. The number of amides is 1. The van der Waals surface area contributed by atoms with Gasteiger partial charge in [0.25, 0.3) is 5.91 Å². The molecule has 2 nitrogen and oxygen atoms in total. The van der Waals surface area contributed by atoms with Crippen molar-refractivity contribution < 1.29 is 4.79 Å². The Kier molecular flexibility index (Phi) is 5.44. The average Bonchev–Trinajstić information content (AvgIpc) is 2.48.